The Morgan fingerprint density at radius 3 is 2.69 bits per heavy atom. The van der Waals surface area contributed by atoms with Crippen LogP contribution in [0.5, 0.6) is 5.75 Å². The molecule has 1 unspecified atom stereocenters. The van der Waals surface area contributed by atoms with Crippen LogP contribution in [0.2, 0.25) is 0 Å². The van der Waals surface area contributed by atoms with E-state index >= 15 is 0 Å². The molecule has 1 aromatic heterocycles. The molecular formula is C18H16N6O2. The minimum atomic E-state index is -0.705. The fourth-order valence-electron chi connectivity index (χ4n) is 2.32. The van der Waals surface area contributed by atoms with Gasteiger partial charge in [-0.05, 0) is 53.7 Å². The van der Waals surface area contributed by atoms with E-state index < -0.39 is 6.10 Å². The predicted molar refractivity (Wildman–Crippen MR) is 94.1 cm³/mol. The van der Waals surface area contributed by atoms with Gasteiger partial charge in [-0.3, -0.25) is 4.79 Å². The summed E-state index contributed by atoms with van der Waals surface area (Å²) in [5.41, 5.74) is 1.94. The highest BCUT2D eigenvalue weighted by Gasteiger charge is 2.15. The van der Waals surface area contributed by atoms with Crippen molar-refractivity contribution >= 4 is 11.6 Å². The summed E-state index contributed by atoms with van der Waals surface area (Å²) >= 11 is 0. The largest absolute Gasteiger partial charge is 0.481 e. The molecule has 0 bridgehead atoms. The molecule has 1 atom stereocenters. The Morgan fingerprint density at radius 1 is 1.27 bits per heavy atom. The summed E-state index contributed by atoms with van der Waals surface area (Å²) in [6.45, 7) is 1.66. The van der Waals surface area contributed by atoms with Crippen LogP contribution in [0.4, 0.5) is 5.69 Å². The summed E-state index contributed by atoms with van der Waals surface area (Å²) in [7, 11) is 1.74. The Kier molecular flexibility index (Phi) is 4.90. The first-order valence-corrected chi connectivity index (χ1v) is 7.87. The summed E-state index contributed by atoms with van der Waals surface area (Å²) < 4.78 is 7.16. The molecule has 0 saturated heterocycles. The van der Waals surface area contributed by atoms with E-state index in [1.165, 1.54) is 0 Å². The van der Waals surface area contributed by atoms with E-state index in [9.17, 15) is 4.79 Å². The lowest BCUT2D eigenvalue weighted by Crippen LogP contribution is -2.30. The number of nitrogens with one attached hydrogen (secondary N) is 1. The normalized spacial score (nSPS) is 11.4. The number of ether oxygens (including phenoxy) is 1. The molecule has 0 aliphatic carbocycles. The zero-order valence-corrected chi connectivity index (χ0v) is 14.2. The third kappa shape index (κ3) is 3.84. The summed E-state index contributed by atoms with van der Waals surface area (Å²) in [4.78, 5) is 12.4. The Morgan fingerprint density at radius 2 is 2.04 bits per heavy atom. The number of carbonyl (C=O) groups excluding carboxylic acids is 1. The molecule has 26 heavy (non-hydrogen) atoms. The molecule has 0 aliphatic heterocycles. The van der Waals surface area contributed by atoms with Crippen molar-refractivity contribution in [2.75, 3.05) is 5.32 Å². The molecule has 0 radical (unpaired) electrons. The number of rotatable bonds is 5. The molecular weight excluding hydrogens is 332 g/mol. The summed E-state index contributed by atoms with van der Waals surface area (Å²) in [6, 6.07) is 15.9. The molecule has 3 rings (SSSR count). The first kappa shape index (κ1) is 17.1. The van der Waals surface area contributed by atoms with Crippen LogP contribution in [-0.2, 0) is 11.8 Å². The van der Waals surface area contributed by atoms with Crippen molar-refractivity contribution in [1.82, 2.24) is 20.2 Å². The van der Waals surface area contributed by atoms with E-state index in [0.29, 0.717) is 22.8 Å². The highest BCUT2D eigenvalue weighted by Crippen LogP contribution is 2.20. The predicted octanol–water partition coefficient (Wildman–Crippen LogP) is 2.15. The minimum Gasteiger partial charge on any atom is -0.481 e. The Labute approximate surface area is 150 Å². The van der Waals surface area contributed by atoms with Crippen molar-refractivity contribution in [3.63, 3.8) is 0 Å². The van der Waals surface area contributed by atoms with Gasteiger partial charge in [0, 0.05) is 18.3 Å². The number of tetrazole rings is 1. The number of carbonyl (C=O) groups is 1. The van der Waals surface area contributed by atoms with Crippen molar-refractivity contribution in [2.24, 2.45) is 7.05 Å². The van der Waals surface area contributed by atoms with Gasteiger partial charge in [0.05, 0.1) is 11.6 Å². The molecule has 0 aliphatic rings. The molecule has 3 aromatic rings. The molecule has 8 heteroatoms. The first-order chi connectivity index (χ1) is 12.6. The van der Waals surface area contributed by atoms with Crippen molar-refractivity contribution < 1.29 is 9.53 Å². The minimum absolute atomic E-state index is 0.289. The lowest BCUT2D eigenvalue weighted by Gasteiger charge is -2.15. The van der Waals surface area contributed by atoms with Crippen molar-refractivity contribution in [2.45, 2.75) is 13.0 Å². The number of aryl methyl sites for hydroxylation is 1. The van der Waals surface area contributed by atoms with E-state index in [0.717, 1.165) is 5.56 Å². The molecule has 130 valence electrons. The smallest absolute Gasteiger partial charge is 0.265 e. The molecule has 0 saturated carbocycles. The van der Waals surface area contributed by atoms with E-state index in [-0.39, 0.29) is 5.91 Å². The van der Waals surface area contributed by atoms with Gasteiger partial charge >= 0.3 is 0 Å². The quantitative estimate of drug-likeness (QED) is 0.757. The van der Waals surface area contributed by atoms with Crippen LogP contribution in [0.1, 0.15) is 12.5 Å². The van der Waals surface area contributed by atoms with Gasteiger partial charge < -0.3 is 10.1 Å². The third-order valence-electron chi connectivity index (χ3n) is 3.67. The van der Waals surface area contributed by atoms with E-state index in [2.05, 4.69) is 20.8 Å². The Balaban J connectivity index is 1.67. The molecule has 1 heterocycles. The highest BCUT2D eigenvalue weighted by atomic mass is 16.5. The number of amides is 1. The van der Waals surface area contributed by atoms with Crippen molar-refractivity contribution in [3.05, 3.63) is 54.1 Å². The van der Waals surface area contributed by atoms with Gasteiger partial charge in [-0.15, -0.1) is 5.10 Å². The first-order valence-electron chi connectivity index (χ1n) is 7.87. The summed E-state index contributed by atoms with van der Waals surface area (Å²) in [5, 5.41) is 23.0. The maximum Gasteiger partial charge on any atom is 0.265 e. The number of hydrogen-bond acceptors (Lipinski definition) is 6. The van der Waals surface area contributed by atoms with Gasteiger partial charge in [0.15, 0.2) is 11.9 Å². The zero-order valence-electron chi connectivity index (χ0n) is 14.2. The topological polar surface area (TPSA) is 106 Å². The van der Waals surface area contributed by atoms with Gasteiger partial charge in [-0.2, -0.15) is 5.26 Å². The number of benzene rings is 2. The highest BCUT2D eigenvalue weighted by molar-refractivity contribution is 5.94. The average Bonchev–Trinajstić information content (AvgIpc) is 3.08. The Bertz CT molecular complexity index is 958. The molecule has 1 amide bonds. The van der Waals surface area contributed by atoms with Crippen molar-refractivity contribution in [1.29, 1.82) is 5.26 Å². The number of aromatic nitrogens is 4. The number of anilines is 1. The van der Waals surface area contributed by atoms with Gasteiger partial charge in [-0.25, -0.2) is 4.68 Å². The van der Waals surface area contributed by atoms with Gasteiger partial charge in [-0.1, -0.05) is 12.1 Å². The van der Waals surface area contributed by atoms with E-state index in [1.807, 2.05) is 18.2 Å². The molecule has 1 N–H and O–H groups in total. The van der Waals surface area contributed by atoms with Crippen LogP contribution in [0.3, 0.4) is 0 Å². The lowest BCUT2D eigenvalue weighted by molar-refractivity contribution is -0.122. The summed E-state index contributed by atoms with van der Waals surface area (Å²) in [5.74, 6) is 0.830. The standard InChI is InChI=1S/C18H16N6O2/c1-12(26-16-8-6-13(11-19)7-9-16)18(25)20-15-5-3-4-14(10-15)17-21-22-23-24(17)2/h3-10,12H,1-2H3,(H,20,25). The maximum atomic E-state index is 12.4. The average molecular weight is 348 g/mol. The number of nitrogens with zero attached hydrogens (tertiary/aromatic N) is 5. The van der Waals surface area contributed by atoms with Crippen LogP contribution >= 0.6 is 0 Å². The van der Waals surface area contributed by atoms with Crippen LogP contribution < -0.4 is 10.1 Å². The van der Waals surface area contributed by atoms with E-state index in [1.54, 1.807) is 55.1 Å². The molecule has 0 spiro atoms. The van der Waals surface area contributed by atoms with Crippen LogP contribution in [0, 0.1) is 11.3 Å². The second kappa shape index (κ2) is 7.44. The molecule has 0 fully saturated rings. The SMILES string of the molecule is CC(Oc1ccc(C#N)cc1)C(=O)Nc1cccc(-c2nnnn2C)c1. The van der Waals surface area contributed by atoms with Crippen molar-refractivity contribution in [3.8, 4) is 23.2 Å². The second-order valence-electron chi connectivity index (χ2n) is 5.59. The third-order valence-corrected chi connectivity index (χ3v) is 3.67. The van der Waals surface area contributed by atoms with Gasteiger partial charge in [0.25, 0.3) is 5.91 Å². The van der Waals surface area contributed by atoms with Crippen LogP contribution in [-0.4, -0.2) is 32.2 Å². The lowest BCUT2D eigenvalue weighted by atomic mass is 10.2. The number of nitriles is 1. The zero-order chi connectivity index (χ0) is 18.5. The molecule has 8 nitrogen and oxygen atoms in total. The monoisotopic (exact) mass is 348 g/mol. The Hall–Kier alpha value is -3.73. The van der Waals surface area contributed by atoms with Gasteiger partial charge in [0.2, 0.25) is 0 Å². The van der Waals surface area contributed by atoms with Gasteiger partial charge in [0.1, 0.15) is 5.75 Å². The number of hydrogen-bond donors (Lipinski definition) is 1. The molecule has 2 aromatic carbocycles. The van der Waals surface area contributed by atoms with Crippen LogP contribution in [0.25, 0.3) is 11.4 Å². The van der Waals surface area contributed by atoms with Crippen LogP contribution in [0.15, 0.2) is 48.5 Å². The summed E-state index contributed by atoms with van der Waals surface area (Å²) in [6.07, 6.45) is -0.705. The van der Waals surface area contributed by atoms with E-state index in [4.69, 9.17) is 10.00 Å². The second-order valence-corrected chi connectivity index (χ2v) is 5.59. The fraction of sp³-hybridized carbons (Fsp3) is 0.167. The fourth-order valence-corrected chi connectivity index (χ4v) is 2.32. The maximum absolute atomic E-state index is 12.4.